The minimum absolute atomic E-state index is 0.0424. The number of rotatable bonds is 7. The summed E-state index contributed by atoms with van der Waals surface area (Å²) in [5.74, 6) is 1.74. The van der Waals surface area contributed by atoms with Gasteiger partial charge in [-0.25, -0.2) is 9.59 Å². The van der Waals surface area contributed by atoms with Crippen LogP contribution in [0.4, 0.5) is 0 Å². The Morgan fingerprint density at radius 2 is 1.25 bits per heavy atom. The molecule has 4 aliphatic carbocycles. The lowest BCUT2D eigenvalue weighted by Gasteiger charge is -2.52. The molecule has 306 valence electrons. The zero-order chi connectivity index (χ0) is 40.5. The van der Waals surface area contributed by atoms with Gasteiger partial charge in [0.05, 0.1) is 14.2 Å². The summed E-state index contributed by atoms with van der Waals surface area (Å²) in [5, 5.41) is 7.59. The number of hydrogen-bond acceptors (Lipinski definition) is 11. The number of nitrogens with one attached hydrogen (secondary N) is 1. The maximum atomic E-state index is 12.4. The van der Waals surface area contributed by atoms with Gasteiger partial charge in [0.2, 0.25) is 18.5 Å². The van der Waals surface area contributed by atoms with Crippen LogP contribution in [0.15, 0.2) is 29.8 Å². The van der Waals surface area contributed by atoms with Crippen LogP contribution < -0.4 is 4.74 Å². The monoisotopic (exact) mass is 827 g/mol. The number of hydrogen-bond donors (Lipinski definition) is 1. The van der Waals surface area contributed by atoms with Gasteiger partial charge in [0, 0.05) is 18.8 Å². The first-order chi connectivity index (χ1) is 25.8. The van der Waals surface area contributed by atoms with Gasteiger partial charge in [-0.2, -0.15) is 0 Å². The van der Waals surface area contributed by atoms with E-state index in [0.717, 1.165) is 29.2 Å². The highest BCUT2D eigenvalue weighted by molar-refractivity contribution is 6.76. The van der Waals surface area contributed by atoms with E-state index in [-0.39, 0.29) is 29.6 Å². The predicted molar refractivity (Wildman–Crippen MR) is 209 cm³/mol. The Morgan fingerprint density at radius 3 is 1.76 bits per heavy atom. The van der Waals surface area contributed by atoms with Crippen molar-refractivity contribution in [2.75, 3.05) is 14.2 Å². The van der Waals surface area contributed by atoms with Gasteiger partial charge >= 0.3 is 17.9 Å². The van der Waals surface area contributed by atoms with Crippen molar-refractivity contribution in [3.05, 3.63) is 35.4 Å². The number of alkyl halides is 3. The average Bonchev–Trinajstić information content (AvgIpc) is 3.13. The molecule has 4 bridgehead atoms. The summed E-state index contributed by atoms with van der Waals surface area (Å²) in [5.41, 5.74) is 4.20. The quantitative estimate of drug-likeness (QED) is 0.0935. The lowest BCUT2D eigenvalue weighted by atomic mass is 9.53. The molecule has 6 fully saturated rings. The molecule has 10 unspecified atom stereocenters. The predicted octanol–water partition coefficient (Wildman–Crippen LogP) is 8.55. The number of halogens is 3. The van der Waals surface area contributed by atoms with E-state index in [4.69, 9.17) is 73.4 Å². The van der Waals surface area contributed by atoms with Crippen molar-refractivity contribution < 1.29 is 47.5 Å². The van der Waals surface area contributed by atoms with Gasteiger partial charge < -0.3 is 33.2 Å². The molecule has 2 saturated heterocycles. The van der Waals surface area contributed by atoms with Crippen LogP contribution >= 0.6 is 34.8 Å². The first kappa shape index (κ1) is 43.6. The van der Waals surface area contributed by atoms with Gasteiger partial charge in [0.25, 0.3) is 3.79 Å². The Hall–Kier alpha value is -2.57. The van der Waals surface area contributed by atoms with E-state index in [2.05, 4.69) is 19.1 Å². The number of methoxy groups -OCH3 is 2. The van der Waals surface area contributed by atoms with Gasteiger partial charge in [-0.3, -0.25) is 10.2 Å². The zero-order valence-electron chi connectivity index (χ0n) is 33.1. The van der Waals surface area contributed by atoms with Crippen LogP contribution in [-0.4, -0.2) is 72.7 Å². The number of ether oxygens (including phenoxy) is 7. The van der Waals surface area contributed by atoms with Gasteiger partial charge in [-0.15, -0.1) is 0 Å². The fourth-order valence-corrected chi connectivity index (χ4v) is 9.64. The highest BCUT2D eigenvalue weighted by atomic mass is 35.6. The van der Waals surface area contributed by atoms with E-state index in [1.165, 1.54) is 58.8 Å². The molecule has 4 saturated carbocycles. The molecule has 0 aromatic heterocycles. The summed E-state index contributed by atoms with van der Waals surface area (Å²) in [7, 11) is 2.64. The summed E-state index contributed by atoms with van der Waals surface area (Å²) in [6.45, 7) is 13.3. The molecule has 0 spiro atoms. The van der Waals surface area contributed by atoms with Crippen LogP contribution in [0, 0.1) is 58.7 Å². The Morgan fingerprint density at radius 1 is 0.727 bits per heavy atom. The van der Waals surface area contributed by atoms with E-state index in [1.54, 1.807) is 5.57 Å². The van der Waals surface area contributed by atoms with Crippen molar-refractivity contribution in [2.45, 2.75) is 115 Å². The first-order valence-electron chi connectivity index (χ1n) is 19.3. The molecule has 11 nitrogen and oxygen atoms in total. The van der Waals surface area contributed by atoms with Gasteiger partial charge in [-0.05, 0) is 104 Å². The van der Waals surface area contributed by atoms with E-state index in [0.29, 0.717) is 5.75 Å². The molecule has 14 heteroatoms. The third kappa shape index (κ3) is 9.77. The fraction of sp³-hybridized carbons (Fsp3) is 0.707. The Balaban J connectivity index is 0.000000248. The van der Waals surface area contributed by atoms with Crippen molar-refractivity contribution in [1.29, 1.82) is 5.41 Å². The third-order valence-electron chi connectivity index (χ3n) is 12.9. The van der Waals surface area contributed by atoms with Crippen molar-refractivity contribution in [1.82, 2.24) is 0 Å². The number of allylic oxidation sites excluding steroid dienone is 2. The largest absolute Gasteiger partial charge is 0.467 e. The average molecular weight is 829 g/mol. The van der Waals surface area contributed by atoms with E-state index in [9.17, 15) is 14.4 Å². The van der Waals surface area contributed by atoms with Crippen LogP contribution in [0.5, 0.6) is 5.75 Å². The molecule has 1 N–H and O–H groups in total. The Bertz CT molecular complexity index is 1580. The molecule has 7 rings (SSSR count). The SMILES string of the molecule is COC(=O)C1OC(OC(=N)C(Cl)(Cl)Cl)C(C)C(C)C1C.COC(=O)C1OC(Oc2cccc(C(C)=C3C4CC5CC(C4)CC3C5)c2)C(OC(C)=O)C(C)C1C. The second-order valence-electron chi connectivity index (χ2n) is 16.2. The van der Waals surface area contributed by atoms with Crippen LogP contribution in [0.1, 0.15) is 86.1 Å². The summed E-state index contributed by atoms with van der Waals surface area (Å²) in [4.78, 5) is 35.9. The highest BCUT2D eigenvalue weighted by Gasteiger charge is 2.49. The molecule has 1 aromatic carbocycles. The molecule has 10 atom stereocenters. The second-order valence-corrected chi connectivity index (χ2v) is 18.5. The van der Waals surface area contributed by atoms with Crippen LogP contribution in [0.25, 0.3) is 5.57 Å². The van der Waals surface area contributed by atoms with E-state index >= 15 is 0 Å². The topological polar surface area (TPSA) is 140 Å². The molecule has 55 heavy (non-hydrogen) atoms. The minimum Gasteiger partial charge on any atom is -0.467 e. The molecular formula is C41H56Cl3NO10. The van der Waals surface area contributed by atoms with Crippen molar-refractivity contribution >= 4 is 64.2 Å². The second kappa shape index (κ2) is 17.9. The molecule has 0 amide bonds. The van der Waals surface area contributed by atoms with Crippen LogP contribution in [0.3, 0.4) is 0 Å². The highest BCUT2D eigenvalue weighted by Crippen LogP contribution is 2.58. The van der Waals surface area contributed by atoms with Crippen LogP contribution in [0.2, 0.25) is 0 Å². The van der Waals surface area contributed by atoms with Crippen molar-refractivity contribution in [2.24, 2.45) is 53.3 Å². The molecule has 1 aromatic rings. The third-order valence-corrected chi connectivity index (χ3v) is 13.4. The Kier molecular flexibility index (Phi) is 14.2. The molecular weight excluding hydrogens is 773 g/mol. The van der Waals surface area contributed by atoms with Crippen molar-refractivity contribution in [3.8, 4) is 5.75 Å². The fourth-order valence-electron chi connectivity index (χ4n) is 9.51. The van der Waals surface area contributed by atoms with Gasteiger partial charge in [0.1, 0.15) is 5.75 Å². The standard InChI is InChI=1S/C29H38O6.C12H18Cl3NO4/c1-15-16(2)27(33-18(4)30)29(35-26(15)28(31)32-5)34-24-8-6-7-21(14-24)17(3)25-22-10-19-9-20(12-22)13-23(25)11-19;1-5-6(2)8(9(17)18-4)19-10(7(5)3)20-11(16)12(13,14)15/h6-8,14-16,19-20,22-23,26-27,29H,9-13H2,1-5H3;5-8,10,16H,1-4H3. The summed E-state index contributed by atoms with van der Waals surface area (Å²) >= 11 is 16.7. The number of carbonyl (C=O) groups is 3. The molecule has 0 radical (unpaired) electrons. The van der Waals surface area contributed by atoms with E-state index < -0.39 is 58.5 Å². The number of carbonyl (C=O) groups excluding carboxylic acids is 3. The smallest absolute Gasteiger partial charge is 0.335 e. The summed E-state index contributed by atoms with van der Waals surface area (Å²) in [6, 6.07) is 8.09. The maximum absolute atomic E-state index is 12.4. The van der Waals surface area contributed by atoms with E-state index in [1.807, 2.05) is 46.8 Å². The molecule has 2 heterocycles. The lowest BCUT2D eigenvalue weighted by molar-refractivity contribution is -0.248. The molecule has 2 aliphatic heterocycles. The zero-order valence-corrected chi connectivity index (χ0v) is 35.4. The van der Waals surface area contributed by atoms with Crippen LogP contribution in [-0.2, 0) is 42.8 Å². The van der Waals surface area contributed by atoms with Gasteiger partial charge in [-0.1, -0.05) is 87.1 Å². The Labute approximate surface area is 339 Å². The summed E-state index contributed by atoms with van der Waals surface area (Å²) in [6.07, 6.45) is 2.91. The summed E-state index contributed by atoms with van der Waals surface area (Å²) < 4.78 is 36.5. The minimum atomic E-state index is -1.96. The van der Waals surface area contributed by atoms with Crippen molar-refractivity contribution in [3.63, 3.8) is 0 Å². The maximum Gasteiger partial charge on any atom is 0.335 e. The number of esters is 3. The number of benzene rings is 1. The first-order valence-corrected chi connectivity index (χ1v) is 20.4. The lowest BCUT2D eigenvalue weighted by Crippen LogP contribution is -2.55. The van der Waals surface area contributed by atoms with Gasteiger partial charge in [0.15, 0.2) is 18.3 Å². The normalized spacial score (nSPS) is 36.5. The molecule has 6 aliphatic rings.